The third kappa shape index (κ3) is 4.30. The highest BCUT2D eigenvalue weighted by Crippen LogP contribution is 2.18. The van der Waals surface area contributed by atoms with Crippen LogP contribution in [0.25, 0.3) is 0 Å². The minimum absolute atomic E-state index is 0.0289. The van der Waals surface area contributed by atoms with Gasteiger partial charge in [-0.15, -0.1) is 6.58 Å². The molecule has 0 bridgehead atoms. The molecule has 1 aromatic rings. The smallest absolute Gasteiger partial charge is 0.217 e. The normalized spacial score (nSPS) is 20.1. The average Bonchev–Trinajstić information content (AvgIpc) is 2.48. The van der Waals surface area contributed by atoms with Crippen molar-refractivity contribution in [2.24, 2.45) is 0 Å². The Morgan fingerprint density at radius 2 is 2.33 bits per heavy atom. The number of ether oxygens (including phenoxy) is 2. The van der Waals surface area contributed by atoms with Crippen LogP contribution < -0.4 is 4.74 Å². The van der Waals surface area contributed by atoms with Gasteiger partial charge in [0.05, 0.1) is 25.6 Å². The second-order valence-corrected chi connectivity index (χ2v) is 6.99. The van der Waals surface area contributed by atoms with Crippen molar-refractivity contribution in [1.29, 1.82) is 0 Å². The summed E-state index contributed by atoms with van der Waals surface area (Å²) in [7, 11) is -1.64. The first-order valence-electron chi connectivity index (χ1n) is 6.88. The molecule has 0 radical (unpaired) electrons. The highest BCUT2D eigenvalue weighted by molar-refractivity contribution is 7.89. The Bertz CT molecular complexity index is 585. The zero-order chi connectivity index (χ0) is 15.3. The zero-order valence-electron chi connectivity index (χ0n) is 12.2. The van der Waals surface area contributed by atoms with Crippen molar-refractivity contribution < 1.29 is 17.9 Å². The van der Waals surface area contributed by atoms with Crippen LogP contribution in [0.15, 0.2) is 36.9 Å². The lowest BCUT2D eigenvalue weighted by atomic mass is 10.1. The number of morpholine rings is 1. The lowest BCUT2D eigenvalue weighted by Crippen LogP contribution is -2.46. The molecule has 0 spiro atoms. The van der Waals surface area contributed by atoms with E-state index in [4.69, 9.17) is 9.47 Å². The summed E-state index contributed by atoms with van der Waals surface area (Å²) in [6.45, 7) is 4.71. The average molecular weight is 311 g/mol. The predicted octanol–water partition coefficient (Wildman–Crippen LogP) is 1.45. The molecule has 0 N–H and O–H groups in total. The highest BCUT2D eigenvalue weighted by atomic mass is 32.2. The lowest BCUT2D eigenvalue weighted by molar-refractivity contribution is -0.000414. The largest absolute Gasteiger partial charge is 0.497 e. The van der Waals surface area contributed by atoms with Gasteiger partial charge in [-0.3, -0.25) is 0 Å². The fraction of sp³-hybridized carbons (Fsp3) is 0.467. The second-order valence-electron chi connectivity index (χ2n) is 4.97. The summed E-state index contributed by atoms with van der Waals surface area (Å²) in [4.78, 5) is 0. The summed E-state index contributed by atoms with van der Waals surface area (Å²) in [5.74, 6) is 0.762. The van der Waals surface area contributed by atoms with Crippen molar-refractivity contribution in [1.82, 2.24) is 4.31 Å². The number of benzene rings is 1. The summed E-state index contributed by atoms with van der Waals surface area (Å²) in [5.41, 5.74) is 1.07. The number of rotatable bonds is 6. The third-order valence-corrected chi connectivity index (χ3v) is 5.20. The van der Waals surface area contributed by atoms with E-state index in [1.54, 1.807) is 7.11 Å². The topological polar surface area (TPSA) is 55.8 Å². The van der Waals surface area contributed by atoms with Gasteiger partial charge in [-0.05, 0) is 17.7 Å². The molecule has 0 aliphatic carbocycles. The van der Waals surface area contributed by atoms with Crippen LogP contribution in [-0.4, -0.2) is 51.4 Å². The maximum absolute atomic E-state index is 12.1. The van der Waals surface area contributed by atoms with Gasteiger partial charge in [0, 0.05) is 19.5 Å². The van der Waals surface area contributed by atoms with Crippen molar-refractivity contribution in [3.8, 4) is 5.75 Å². The summed E-state index contributed by atoms with van der Waals surface area (Å²) in [6.07, 6.45) is 1.95. The minimum atomic E-state index is -3.26. The molecule has 2 rings (SSSR count). The van der Waals surface area contributed by atoms with E-state index < -0.39 is 10.0 Å². The Labute approximate surface area is 126 Å². The summed E-state index contributed by atoms with van der Waals surface area (Å²) in [5, 5.41) is 0. The monoisotopic (exact) mass is 311 g/mol. The van der Waals surface area contributed by atoms with Crippen LogP contribution in [0.2, 0.25) is 0 Å². The standard InChI is InChI=1S/C15H21NO4S/c1-3-9-21(17,18)16-7-8-20-15(12-16)11-13-5-4-6-14(10-13)19-2/h3-6,10,15H,1,7-9,11-12H2,2H3. The molecule has 1 aromatic carbocycles. The first-order valence-corrected chi connectivity index (χ1v) is 8.49. The van der Waals surface area contributed by atoms with Crippen LogP contribution in [0.3, 0.4) is 0 Å². The number of nitrogens with zero attached hydrogens (tertiary/aromatic N) is 1. The van der Waals surface area contributed by atoms with Gasteiger partial charge in [0.15, 0.2) is 0 Å². The Morgan fingerprint density at radius 3 is 3.05 bits per heavy atom. The van der Waals surface area contributed by atoms with Gasteiger partial charge in [0.25, 0.3) is 0 Å². The van der Waals surface area contributed by atoms with Gasteiger partial charge in [-0.25, -0.2) is 8.42 Å². The Morgan fingerprint density at radius 1 is 1.52 bits per heavy atom. The van der Waals surface area contributed by atoms with Crippen molar-refractivity contribution in [2.45, 2.75) is 12.5 Å². The van der Waals surface area contributed by atoms with Gasteiger partial charge in [0.1, 0.15) is 5.75 Å². The molecule has 116 valence electrons. The molecular weight excluding hydrogens is 290 g/mol. The van der Waals surface area contributed by atoms with E-state index in [9.17, 15) is 8.42 Å². The van der Waals surface area contributed by atoms with Gasteiger partial charge in [-0.1, -0.05) is 18.2 Å². The van der Waals surface area contributed by atoms with E-state index in [0.717, 1.165) is 11.3 Å². The molecule has 21 heavy (non-hydrogen) atoms. The third-order valence-electron chi connectivity index (χ3n) is 3.42. The van der Waals surface area contributed by atoms with E-state index in [1.165, 1.54) is 10.4 Å². The first kappa shape index (κ1) is 16.0. The molecule has 6 heteroatoms. The van der Waals surface area contributed by atoms with E-state index >= 15 is 0 Å². The fourth-order valence-corrected chi connectivity index (χ4v) is 3.64. The summed E-state index contributed by atoms with van der Waals surface area (Å²) < 4.78 is 36.5. The van der Waals surface area contributed by atoms with Crippen molar-refractivity contribution in [3.63, 3.8) is 0 Å². The van der Waals surface area contributed by atoms with E-state index in [-0.39, 0.29) is 11.9 Å². The van der Waals surface area contributed by atoms with E-state index in [1.807, 2.05) is 24.3 Å². The summed E-state index contributed by atoms with van der Waals surface area (Å²) in [6, 6.07) is 7.74. The van der Waals surface area contributed by atoms with E-state index in [2.05, 4.69) is 6.58 Å². The van der Waals surface area contributed by atoms with Gasteiger partial charge in [0.2, 0.25) is 10.0 Å². The van der Waals surface area contributed by atoms with Crippen molar-refractivity contribution >= 4 is 10.0 Å². The molecule has 1 aliphatic heterocycles. The maximum atomic E-state index is 12.1. The predicted molar refractivity (Wildman–Crippen MR) is 82.0 cm³/mol. The van der Waals surface area contributed by atoms with Crippen LogP contribution in [0.5, 0.6) is 5.75 Å². The minimum Gasteiger partial charge on any atom is -0.497 e. The number of hydrogen-bond acceptors (Lipinski definition) is 4. The van der Waals surface area contributed by atoms with Gasteiger partial charge < -0.3 is 9.47 Å². The maximum Gasteiger partial charge on any atom is 0.217 e. The SMILES string of the molecule is C=CCS(=O)(=O)N1CCOC(Cc2cccc(OC)c2)C1. The molecule has 1 atom stereocenters. The number of sulfonamides is 1. The molecule has 1 aliphatic rings. The molecule has 5 nitrogen and oxygen atoms in total. The Balaban J connectivity index is 2.02. The summed E-state index contributed by atoms with van der Waals surface area (Å²) >= 11 is 0. The molecule has 1 saturated heterocycles. The Hall–Kier alpha value is -1.37. The quantitative estimate of drug-likeness (QED) is 0.746. The van der Waals surface area contributed by atoms with Gasteiger partial charge in [-0.2, -0.15) is 4.31 Å². The van der Waals surface area contributed by atoms with Crippen LogP contribution in [0, 0.1) is 0 Å². The van der Waals surface area contributed by atoms with Crippen LogP contribution in [-0.2, 0) is 21.2 Å². The number of hydrogen-bond donors (Lipinski definition) is 0. The molecule has 1 unspecified atom stereocenters. The molecule has 0 saturated carbocycles. The zero-order valence-corrected chi connectivity index (χ0v) is 13.0. The van der Waals surface area contributed by atoms with Crippen molar-refractivity contribution in [2.75, 3.05) is 32.6 Å². The second kappa shape index (κ2) is 7.06. The van der Waals surface area contributed by atoms with Gasteiger partial charge >= 0.3 is 0 Å². The van der Waals surface area contributed by atoms with Crippen LogP contribution >= 0.6 is 0 Å². The van der Waals surface area contributed by atoms with Crippen molar-refractivity contribution in [3.05, 3.63) is 42.5 Å². The fourth-order valence-electron chi connectivity index (χ4n) is 2.39. The molecule has 0 amide bonds. The molecular formula is C15H21NO4S. The van der Waals surface area contributed by atoms with Crippen LogP contribution in [0.4, 0.5) is 0 Å². The number of methoxy groups -OCH3 is 1. The molecule has 1 fully saturated rings. The van der Waals surface area contributed by atoms with E-state index in [0.29, 0.717) is 26.1 Å². The highest BCUT2D eigenvalue weighted by Gasteiger charge is 2.28. The molecule has 1 heterocycles. The lowest BCUT2D eigenvalue weighted by Gasteiger charge is -2.32. The van der Waals surface area contributed by atoms with Crippen LogP contribution in [0.1, 0.15) is 5.56 Å². The first-order chi connectivity index (χ1) is 10.0. The molecule has 0 aromatic heterocycles. The Kier molecular flexibility index (Phi) is 5.39.